The molecule has 0 aromatic carbocycles. The summed E-state index contributed by atoms with van der Waals surface area (Å²) in [5.41, 5.74) is 2.06. The van der Waals surface area contributed by atoms with Gasteiger partial charge in [0.1, 0.15) is 6.20 Å². The van der Waals surface area contributed by atoms with Crippen molar-refractivity contribution in [1.82, 2.24) is 4.98 Å². The van der Waals surface area contributed by atoms with Gasteiger partial charge in [-0.15, -0.1) is 0 Å². The summed E-state index contributed by atoms with van der Waals surface area (Å²) >= 11 is 0. The molecule has 1 aromatic rings. The van der Waals surface area contributed by atoms with Crippen LogP contribution >= 0.6 is 0 Å². The largest absolute Gasteiger partial charge is 0.366 e. The Hall–Kier alpha value is -1.25. The van der Waals surface area contributed by atoms with Gasteiger partial charge >= 0.3 is 0 Å². The number of rotatable bonds is 0. The molecular weight excluding hydrogens is 114 g/mol. The molecular formula is C6H6N3. The Balaban J connectivity index is 2.54. The highest BCUT2D eigenvalue weighted by Gasteiger charge is 2.06. The molecule has 3 heteroatoms. The van der Waals surface area contributed by atoms with Crippen LogP contribution in [0.5, 0.6) is 0 Å². The normalized spacial score (nSPS) is 13.8. The molecule has 0 atom stereocenters. The average Bonchev–Trinajstić information content (AvgIpc) is 2.33. The molecule has 9 heavy (non-hydrogen) atoms. The number of anilines is 2. The summed E-state index contributed by atoms with van der Waals surface area (Å²) in [6.07, 6.45) is 4.55. The molecule has 1 radical (unpaired) electrons. The van der Waals surface area contributed by atoms with Gasteiger partial charge in [-0.3, -0.25) is 4.98 Å². The van der Waals surface area contributed by atoms with E-state index in [1.54, 1.807) is 6.20 Å². The minimum Gasteiger partial charge on any atom is -0.366 e. The van der Waals surface area contributed by atoms with Crippen LogP contribution < -0.4 is 10.6 Å². The second-order valence-electron chi connectivity index (χ2n) is 1.88. The topological polar surface area (TPSA) is 37.0 Å². The molecule has 0 saturated carbocycles. The molecule has 1 aliphatic rings. The second-order valence-corrected chi connectivity index (χ2v) is 1.88. The van der Waals surface area contributed by atoms with Crippen molar-refractivity contribution in [2.75, 3.05) is 17.3 Å². The van der Waals surface area contributed by atoms with E-state index >= 15 is 0 Å². The fraction of sp³-hybridized carbons (Fsp3) is 0.167. The lowest BCUT2D eigenvalue weighted by molar-refractivity contribution is 1.29. The van der Waals surface area contributed by atoms with Gasteiger partial charge in [0.25, 0.3) is 0 Å². The van der Waals surface area contributed by atoms with Gasteiger partial charge in [-0.2, -0.15) is 0 Å². The quantitative estimate of drug-likeness (QED) is 0.528. The first kappa shape index (κ1) is 4.61. The average molecular weight is 120 g/mol. The zero-order valence-corrected chi connectivity index (χ0v) is 4.81. The Bertz CT molecular complexity index is 198. The van der Waals surface area contributed by atoms with E-state index in [9.17, 15) is 0 Å². The van der Waals surface area contributed by atoms with E-state index in [1.807, 2.05) is 6.07 Å². The van der Waals surface area contributed by atoms with Crippen molar-refractivity contribution in [3.05, 3.63) is 18.5 Å². The first-order chi connectivity index (χ1) is 4.47. The van der Waals surface area contributed by atoms with Crippen LogP contribution in [0.2, 0.25) is 0 Å². The van der Waals surface area contributed by atoms with E-state index in [-0.39, 0.29) is 0 Å². The predicted octanol–water partition coefficient (Wildman–Crippen LogP) is 0.677. The third kappa shape index (κ3) is 0.614. The maximum absolute atomic E-state index is 3.83. The Morgan fingerprint density at radius 1 is 1.56 bits per heavy atom. The minimum atomic E-state index is 0.789. The zero-order valence-electron chi connectivity index (χ0n) is 4.81. The van der Waals surface area contributed by atoms with Crippen molar-refractivity contribution < 1.29 is 0 Å². The summed E-state index contributed by atoms with van der Waals surface area (Å²) in [4.78, 5) is 3.83. The molecule has 2 N–H and O–H groups in total. The van der Waals surface area contributed by atoms with Crippen molar-refractivity contribution in [3.63, 3.8) is 0 Å². The summed E-state index contributed by atoms with van der Waals surface area (Å²) < 4.78 is 0. The summed E-state index contributed by atoms with van der Waals surface area (Å²) in [6.45, 7) is 0.789. The van der Waals surface area contributed by atoms with E-state index in [0.717, 1.165) is 18.0 Å². The van der Waals surface area contributed by atoms with Crippen molar-refractivity contribution in [2.24, 2.45) is 0 Å². The van der Waals surface area contributed by atoms with Crippen LogP contribution in [0, 0.1) is 6.20 Å². The van der Waals surface area contributed by atoms with Gasteiger partial charge in [0.15, 0.2) is 0 Å². The van der Waals surface area contributed by atoms with Crippen molar-refractivity contribution >= 4 is 11.4 Å². The smallest absolute Gasteiger partial charge is 0.116 e. The lowest BCUT2D eigenvalue weighted by atomic mass is 10.4. The summed E-state index contributed by atoms with van der Waals surface area (Å²) in [6, 6.07) is 1.92. The fourth-order valence-corrected chi connectivity index (χ4v) is 0.867. The maximum Gasteiger partial charge on any atom is 0.116 e. The van der Waals surface area contributed by atoms with Crippen LogP contribution in [0.3, 0.4) is 0 Å². The Kier molecular flexibility index (Phi) is 0.828. The summed E-state index contributed by atoms with van der Waals surface area (Å²) in [5.74, 6) is 0. The van der Waals surface area contributed by atoms with Gasteiger partial charge in [0, 0.05) is 6.20 Å². The standard InChI is InChI=1S/C6H6N3/c1-2-7-3-6-5(1)8-4-9-6/h1-2,8-9H,4H2. The second kappa shape index (κ2) is 1.62. The van der Waals surface area contributed by atoms with Crippen LogP contribution in [-0.4, -0.2) is 11.7 Å². The van der Waals surface area contributed by atoms with Crippen molar-refractivity contribution in [1.29, 1.82) is 0 Å². The van der Waals surface area contributed by atoms with Gasteiger partial charge in [0.05, 0.1) is 18.0 Å². The maximum atomic E-state index is 3.83. The van der Waals surface area contributed by atoms with Crippen LogP contribution in [0.15, 0.2) is 12.3 Å². The van der Waals surface area contributed by atoms with Gasteiger partial charge in [-0.1, -0.05) is 0 Å². The van der Waals surface area contributed by atoms with Crippen molar-refractivity contribution in [3.8, 4) is 0 Å². The first-order valence-corrected chi connectivity index (χ1v) is 2.81. The van der Waals surface area contributed by atoms with E-state index in [4.69, 9.17) is 0 Å². The number of hydrogen-bond donors (Lipinski definition) is 2. The Morgan fingerprint density at radius 2 is 2.56 bits per heavy atom. The van der Waals surface area contributed by atoms with E-state index in [0.29, 0.717) is 0 Å². The highest BCUT2D eigenvalue weighted by Crippen LogP contribution is 2.22. The fourth-order valence-electron chi connectivity index (χ4n) is 0.867. The molecule has 45 valence electrons. The molecule has 0 amide bonds. The molecule has 1 aliphatic heterocycles. The molecule has 0 spiro atoms. The van der Waals surface area contributed by atoms with Crippen LogP contribution in [0.1, 0.15) is 0 Å². The van der Waals surface area contributed by atoms with Gasteiger partial charge in [-0.25, -0.2) is 0 Å². The SMILES string of the molecule is [c]1nccc2c1NCN2. The number of nitrogens with one attached hydrogen (secondary N) is 2. The molecule has 0 aliphatic carbocycles. The molecule has 2 rings (SSSR count). The number of hydrogen-bond acceptors (Lipinski definition) is 3. The molecule has 0 saturated heterocycles. The van der Waals surface area contributed by atoms with Gasteiger partial charge in [-0.05, 0) is 6.07 Å². The minimum absolute atomic E-state index is 0.789. The predicted molar refractivity (Wildman–Crippen MR) is 35.2 cm³/mol. The van der Waals surface area contributed by atoms with Gasteiger partial charge < -0.3 is 10.6 Å². The van der Waals surface area contributed by atoms with Gasteiger partial charge in [0.2, 0.25) is 0 Å². The Labute approximate surface area is 53.1 Å². The van der Waals surface area contributed by atoms with Crippen LogP contribution in [0.25, 0.3) is 0 Å². The monoisotopic (exact) mass is 120 g/mol. The highest BCUT2D eigenvalue weighted by molar-refractivity contribution is 5.70. The van der Waals surface area contributed by atoms with E-state index in [2.05, 4.69) is 21.8 Å². The third-order valence-electron chi connectivity index (χ3n) is 1.31. The number of pyridine rings is 1. The molecule has 0 bridgehead atoms. The molecule has 2 heterocycles. The van der Waals surface area contributed by atoms with Crippen LogP contribution in [-0.2, 0) is 0 Å². The number of fused-ring (bicyclic) bond motifs is 1. The number of nitrogens with zero attached hydrogens (tertiary/aromatic N) is 1. The molecule has 0 fully saturated rings. The lowest BCUT2D eigenvalue weighted by Gasteiger charge is -1.91. The third-order valence-corrected chi connectivity index (χ3v) is 1.31. The molecule has 0 unspecified atom stereocenters. The Morgan fingerprint density at radius 3 is 3.44 bits per heavy atom. The molecule has 1 aromatic heterocycles. The highest BCUT2D eigenvalue weighted by atomic mass is 15.1. The van der Waals surface area contributed by atoms with Crippen LogP contribution in [0.4, 0.5) is 11.4 Å². The zero-order chi connectivity index (χ0) is 6.10. The summed E-state index contributed by atoms with van der Waals surface area (Å²) in [5, 5.41) is 6.19. The summed E-state index contributed by atoms with van der Waals surface area (Å²) in [7, 11) is 0. The van der Waals surface area contributed by atoms with Crippen molar-refractivity contribution in [2.45, 2.75) is 0 Å². The lowest BCUT2D eigenvalue weighted by Crippen LogP contribution is -1.98. The number of aromatic nitrogens is 1. The molecule has 3 nitrogen and oxygen atoms in total. The first-order valence-electron chi connectivity index (χ1n) is 2.81. The van der Waals surface area contributed by atoms with E-state index < -0.39 is 0 Å². The van der Waals surface area contributed by atoms with E-state index in [1.165, 1.54) is 0 Å².